The molecule has 0 bridgehead atoms. The number of aryl methyl sites for hydroxylation is 2. The minimum absolute atomic E-state index is 0. The van der Waals surface area contributed by atoms with E-state index < -0.39 is 0 Å². The third kappa shape index (κ3) is 11.7. The molecule has 2 aromatic rings. The van der Waals surface area contributed by atoms with Crippen LogP contribution in [0, 0.1) is 25.6 Å². The maximum absolute atomic E-state index is 13.2. The first-order valence-corrected chi connectivity index (χ1v) is 13.8. The zero-order valence-corrected chi connectivity index (χ0v) is 25.2. The van der Waals surface area contributed by atoms with Gasteiger partial charge in [0.15, 0.2) is 0 Å². The monoisotopic (exact) mass is 521 g/mol. The fourth-order valence-corrected chi connectivity index (χ4v) is 4.32. The lowest BCUT2D eigenvalue weighted by molar-refractivity contribution is 0.380. The van der Waals surface area contributed by atoms with Gasteiger partial charge in [0, 0.05) is 24.9 Å². The third-order valence-corrected chi connectivity index (χ3v) is 6.62. The Morgan fingerprint density at radius 3 is 1.97 bits per heavy atom. The molecule has 0 aliphatic rings. The number of allylic oxidation sites excluding steroid dienone is 4. The second-order valence-electron chi connectivity index (χ2n) is 9.31. The van der Waals surface area contributed by atoms with Crippen LogP contribution in [0.25, 0.3) is 11.3 Å². The summed E-state index contributed by atoms with van der Waals surface area (Å²) in [5.74, 6) is 0.391. The lowest BCUT2D eigenvalue weighted by Crippen LogP contribution is -2.21. The molecule has 0 spiro atoms. The SMILES string of the molecule is C.C=C(CC)/C(=C/C)c1cc(C(=C)N(C)CCC(CC)Cc2ccc(F)cc2)c(C)cc1C.C=CC.CC. The predicted molar refractivity (Wildman–Crippen MR) is 173 cm³/mol. The summed E-state index contributed by atoms with van der Waals surface area (Å²) in [5.41, 5.74) is 9.61. The van der Waals surface area contributed by atoms with Gasteiger partial charge in [0.2, 0.25) is 0 Å². The van der Waals surface area contributed by atoms with E-state index in [0.717, 1.165) is 43.5 Å². The van der Waals surface area contributed by atoms with Crippen molar-refractivity contribution in [3.8, 4) is 0 Å². The molecule has 0 saturated carbocycles. The molecule has 38 heavy (non-hydrogen) atoms. The van der Waals surface area contributed by atoms with Gasteiger partial charge in [0.1, 0.15) is 5.82 Å². The maximum Gasteiger partial charge on any atom is 0.123 e. The highest BCUT2D eigenvalue weighted by Crippen LogP contribution is 2.32. The average molecular weight is 522 g/mol. The molecule has 0 radical (unpaired) electrons. The summed E-state index contributed by atoms with van der Waals surface area (Å²) < 4.78 is 13.2. The molecule has 0 heterocycles. The second kappa shape index (κ2) is 20.1. The summed E-state index contributed by atoms with van der Waals surface area (Å²) >= 11 is 0. The van der Waals surface area contributed by atoms with Crippen LogP contribution in [0.5, 0.6) is 0 Å². The van der Waals surface area contributed by atoms with Gasteiger partial charge >= 0.3 is 0 Å². The van der Waals surface area contributed by atoms with Crippen LogP contribution >= 0.6 is 0 Å². The Morgan fingerprint density at radius 2 is 1.50 bits per heavy atom. The normalized spacial score (nSPS) is 11.1. The molecule has 0 fully saturated rings. The molecule has 0 saturated heterocycles. The van der Waals surface area contributed by atoms with E-state index in [4.69, 9.17) is 0 Å². The van der Waals surface area contributed by atoms with E-state index in [1.807, 2.05) is 32.9 Å². The van der Waals surface area contributed by atoms with Crippen LogP contribution in [0.1, 0.15) is 96.0 Å². The Labute approximate surface area is 235 Å². The molecule has 2 aromatic carbocycles. The van der Waals surface area contributed by atoms with Crippen molar-refractivity contribution in [3.63, 3.8) is 0 Å². The number of rotatable bonds is 11. The number of benzene rings is 2. The van der Waals surface area contributed by atoms with E-state index >= 15 is 0 Å². The Bertz CT molecular complexity index is 1010. The number of nitrogens with zero attached hydrogens (tertiary/aromatic N) is 1. The molecule has 212 valence electrons. The lowest BCUT2D eigenvalue weighted by atomic mass is 9.89. The van der Waals surface area contributed by atoms with Crippen LogP contribution in [0.4, 0.5) is 4.39 Å². The topological polar surface area (TPSA) is 3.24 Å². The summed E-state index contributed by atoms with van der Waals surface area (Å²) in [6.45, 7) is 29.7. The minimum atomic E-state index is -0.172. The second-order valence-corrected chi connectivity index (χ2v) is 9.31. The van der Waals surface area contributed by atoms with Gasteiger partial charge in [-0.1, -0.05) is 85.1 Å². The van der Waals surface area contributed by atoms with Crippen molar-refractivity contribution in [2.24, 2.45) is 5.92 Å². The molecule has 0 aliphatic carbocycles. The van der Waals surface area contributed by atoms with Gasteiger partial charge in [0.05, 0.1) is 0 Å². The summed E-state index contributed by atoms with van der Waals surface area (Å²) in [6, 6.07) is 11.5. The molecule has 0 aromatic heterocycles. The molecular formula is C36H56FN. The number of hydrogen-bond acceptors (Lipinski definition) is 1. The standard InChI is InChI=1S/C30H40FN.C3H6.C2H6.CH4/c1-9-21(4)28(11-3)30-20-29(22(5)18-23(30)6)24(7)32(8)17-16-25(10-2)19-26-12-14-27(31)15-13-26;1-3-2;1-2;/h11-15,18,20,25H,4,7,9-10,16-17,19H2,1-3,5-6,8H3;3H,1H2,2H3;1-2H3;1H4/b28-11-;;;. The van der Waals surface area contributed by atoms with Crippen molar-refractivity contribution in [1.82, 2.24) is 4.90 Å². The minimum Gasteiger partial charge on any atom is -0.375 e. The van der Waals surface area contributed by atoms with E-state index in [0.29, 0.717) is 5.92 Å². The number of hydrogen-bond donors (Lipinski definition) is 0. The van der Waals surface area contributed by atoms with E-state index in [-0.39, 0.29) is 13.2 Å². The highest BCUT2D eigenvalue weighted by molar-refractivity contribution is 5.82. The average Bonchev–Trinajstić information content (AvgIpc) is 2.90. The van der Waals surface area contributed by atoms with Gasteiger partial charge in [-0.25, -0.2) is 4.39 Å². The zero-order chi connectivity index (χ0) is 28.5. The van der Waals surface area contributed by atoms with Crippen LogP contribution in [-0.2, 0) is 6.42 Å². The molecule has 1 nitrogen and oxygen atoms in total. The smallest absolute Gasteiger partial charge is 0.123 e. The summed E-state index contributed by atoms with van der Waals surface area (Å²) in [4.78, 5) is 2.28. The van der Waals surface area contributed by atoms with Gasteiger partial charge in [0.25, 0.3) is 0 Å². The largest absolute Gasteiger partial charge is 0.375 e. The fraction of sp³-hybridized carbons (Fsp3) is 0.444. The first kappa shape index (κ1) is 37.3. The first-order valence-electron chi connectivity index (χ1n) is 13.8. The van der Waals surface area contributed by atoms with Gasteiger partial charge in [-0.05, 0) is 104 Å². The van der Waals surface area contributed by atoms with E-state index in [2.05, 4.69) is 84.5 Å². The van der Waals surface area contributed by atoms with Gasteiger partial charge in [-0.15, -0.1) is 6.58 Å². The first-order chi connectivity index (χ1) is 17.6. The van der Waals surface area contributed by atoms with E-state index in [1.165, 1.54) is 33.4 Å². The van der Waals surface area contributed by atoms with Crippen LogP contribution in [0.2, 0.25) is 0 Å². The maximum atomic E-state index is 13.2. The van der Waals surface area contributed by atoms with Crippen LogP contribution in [0.15, 0.2) is 73.9 Å². The molecule has 0 aliphatic heterocycles. The summed E-state index contributed by atoms with van der Waals surface area (Å²) in [7, 11) is 2.13. The Morgan fingerprint density at radius 1 is 0.974 bits per heavy atom. The van der Waals surface area contributed by atoms with Crippen LogP contribution in [0.3, 0.4) is 0 Å². The van der Waals surface area contributed by atoms with Crippen LogP contribution < -0.4 is 0 Å². The van der Waals surface area contributed by atoms with E-state index in [9.17, 15) is 4.39 Å². The molecule has 2 rings (SSSR count). The third-order valence-electron chi connectivity index (χ3n) is 6.62. The van der Waals surface area contributed by atoms with Crippen molar-refractivity contribution in [2.45, 2.75) is 88.5 Å². The highest BCUT2D eigenvalue weighted by atomic mass is 19.1. The molecule has 0 amide bonds. The molecule has 1 atom stereocenters. The summed E-state index contributed by atoms with van der Waals surface area (Å²) in [5, 5.41) is 0. The van der Waals surface area contributed by atoms with Crippen LogP contribution in [-0.4, -0.2) is 18.5 Å². The Hall–Kier alpha value is -2.87. The van der Waals surface area contributed by atoms with E-state index in [1.54, 1.807) is 18.2 Å². The number of halogens is 1. The van der Waals surface area contributed by atoms with Crippen molar-refractivity contribution in [2.75, 3.05) is 13.6 Å². The molecule has 2 heteroatoms. The fourth-order valence-electron chi connectivity index (χ4n) is 4.32. The van der Waals surface area contributed by atoms with Crippen molar-refractivity contribution in [3.05, 3.63) is 107 Å². The molecular weight excluding hydrogens is 465 g/mol. The Balaban J connectivity index is 0. The quantitative estimate of drug-likeness (QED) is 0.210. The van der Waals surface area contributed by atoms with Crippen molar-refractivity contribution < 1.29 is 4.39 Å². The molecule has 0 N–H and O–H groups in total. The zero-order valence-electron chi connectivity index (χ0n) is 25.2. The van der Waals surface area contributed by atoms with Crippen molar-refractivity contribution in [1.29, 1.82) is 0 Å². The van der Waals surface area contributed by atoms with Gasteiger partial charge < -0.3 is 4.90 Å². The van der Waals surface area contributed by atoms with Crippen molar-refractivity contribution >= 4 is 11.3 Å². The predicted octanol–water partition coefficient (Wildman–Crippen LogP) is 11.2. The van der Waals surface area contributed by atoms with Gasteiger partial charge in [-0.3, -0.25) is 0 Å². The summed E-state index contributed by atoms with van der Waals surface area (Å²) in [6.07, 6.45) is 8.02. The highest BCUT2D eigenvalue weighted by Gasteiger charge is 2.16. The molecule has 1 unspecified atom stereocenters. The van der Waals surface area contributed by atoms with Gasteiger partial charge in [-0.2, -0.15) is 0 Å². The Kier molecular flexibility index (Phi) is 19.8. The lowest BCUT2D eigenvalue weighted by Gasteiger charge is -2.26.